The summed E-state index contributed by atoms with van der Waals surface area (Å²) in [4.78, 5) is 30.6. The van der Waals surface area contributed by atoms with E-state index in [1.807, 2.05) is 30.0 Å². The number of aryl methyl sites for hydroxylation is 1. The number of fused-ring (bicyclic) bond motifs is 1. The maximum absolute atomic E-state index is 13.1. The van der Waals surface area contributed by atoms with Gasteiger partial charge < -0.3 is 15.2 Å². The number of aromatic amines is 1. The van der Waals surface area contributed by atoms with Gasteiger partial charge in [-0.25, -0.2) is 0 Å². The minimum Gasteiger partial charge on any atom is -0.356 e. The Balaban J connectivity index is 1.72. The first kappa shape index (κ1) is 18.5. The standard InChI is InChI=1S/C21H29N3O2/c1-4-5-10-22-20(25)17-9-7-15(3)24(13-17)21(26)19-12-16-8-6-14(2)11-18(16)23-19/h6,8,11-12,15,17,23H,4-5,7,9-10,13H2,1-3H3,(H,22,25). The average Bonchev–Trinajstić information content (AvgIpc) is 3.04. The zero-order valence-electron chi connectivity index (χ0n) is 16.0. The summed E-state index contributed by atoms with van der Waals surface area (Å²) in [5.74, 6) is -0.0496. The lowest BCUT2D eigenvalue weighted by molar-refractivity contribution is -0.126. The van der Waals surface area contributed by atoms with Gasteiger partial charge in [-0.2, -0.15) is 0 Å². The molecule has 5 heteroatoms. The number of piperidine rings is 1. The third kappa shape index (κ3) is 3.92. The highest BCUT2D eigenvalue weighted by molar-refractivity contribution is 5.98. The highest BCUT2D eigenvalue weighted by atomic mass is 16.2. The number of nitrogens with one attached hydrogen (secondary N) is 2. The fraction of sp³-hybridized carbons (Fsp3) is 0.524. The number of benzene rings is 1. The van der Waals surface area contributed by atoms with Crippen LogP contribution in [0, 0.1) is 12.8 Å². The monoisotopic (exact) mass is 355 g/mol. The van der Waals surface area contributed by atoms with E-state index >= 15 is 0 Å². The number of unbranched alkanes of at least 4 members (excludes halogenated alkanes) is 1. The summed E-state index contributed by atoms with van der Waals surface area (Å²) in [6, 6.07) is 8.19. The molecule has 2 N–H and O–H groups in total. The van der Waals surface area contributed by atoms with E-state index < -0.39 is 0 Å². The molecule has 0 saturated carbocycles. The molecule has 1 aliphatic rings. The second-order valence-electron chi connectivity index (χ2n) is 7.50. The van der Waals surface area contributed by atoms with E-state index in [-0.39, 0.29) is 23.8 Å². The predicted molar refractivity (Wildman–Crippen MR) is 104 cm³/mol. The van der Waals surface area contributed by atoms with Crippen molar-refractivity contribution in [2.24, 2.45) is 5.92 Å². The number of carbonyl (C=O) groups is 2. The van der Waals surface area contributed by atoms with Crippen LogP contribution in [0.2, 0.25) is 0 Å². The maximum Gasteiger partial charge on any atom is 0.270 e. The molecule has 2 heterocycles. The molecule has 26 heavy (non-hydrogen) atoms. The topological polar surface area (TPSA) is 65.2 Å². The molecule has 5 nitrogen and oxygen atoms in total. The smallest absolute Gasteiger partial charge is 0.270 e. The molecular formula is C21H29N3O2. The van der Waals surface area contributed by atoms with Crippen molar-refractivity contribution >= 4 is 22.7 Å². The van der Waals surface area contributed by atoms with E-state index in [2.05, 4.69) is 30.2 Å². The Morgan fingerprint density at radius 2 is 2.08 bits per heavy atom. The fourth-order valence-corrected chi connectivity index (χ4v) is 3.65. The molecule has 2 unspecified atom stereocenters. The zero-order chi connectivity index (χ0) is 18.7. The Morgan fingerprint density at radius 1 is 1.27 bits per heavy atom. The van der Waals surface area contributed by atoms with Gasteiger partial charge in [-0.3, -0.25) is 9.59 Å². The molecule has 2 atom stereocenters. The van der Waals surface area contributed by atoms with Gasteiger partial charge in [0.25, 0.3) is 5.91 Å². The lowest BCUT2D eigenvalue weighted by Crippen LogP contribution is -2.49. The number of likely N-dealkylation sites (tertiary alicyclic amines) is 1. The van der Waals surface area contributed by atoms with Crippen molar-refractivity contribution < 1.29 is 9.59 Å². The highest BCUT2D eigenvalue weighted by Crippen LogP contribution is 2.25. The second-order valence-corrected chi connectivity index (χ2v) is 7.50. The first-order chi connectivity index (χ1) is 12.5. The predicted octanol–water partition coefficient (Wildman–Crippen LogP) is 3.63. The van der Waals surface area contributed by atoms with Crippen LogP contribution in [-0.2, 0) is 4.79 Å². The molecule has 2 amide bonds. The molecule has 0 radical (unpaired) electrons. The number of hydrogen-bond donors (Lipinski definition) is 2. The van der Waals surface area contributed by atoms with E-state index in [1.54, 1.807) is 0 Å². The molecule has 140 valence electrons. The molecule has 1 aromatic heterocycles. The van der Waals surface area contributed by atoms with Crippen LogP contribution in [0.5, 0.6) is 0 Å². The van der Waals surface area contributed by atoms with Gasteiger partial charge in [-0.15, -0.1) is 0 Å². The molecule has 0 aliphatic carbocycles. The van der Waals surface area contributed by atoms with Crippen molar-refractivity contribution in [1.29, 1.82) is 0 Å². The molecule has 1 fully saturated rings. The molecule has 1 aliphatic heterocycles. The van der Waals surface area contributed by atoms with Gasteiger partial charge in [0.05, 0.1) is 5.92 Å². The van der Waals surface area contributed by atoms with E-state index in [0.717, 1.165) is 48.7 Å². The zero-order valence-corrected chi connectivity index (χ0v) is 16.0. The summed E-state index contributed by atoms with van der Waals surface area (Å²) in [5, 5.41) is 4.05. The molecule has 0 bridgehead atoms. The largest absolute Gasteiger partial charge is 0.356 e. The summed E-state index contributed by atoms with van der Waals surface area (Å²) in [6.45, 7) is 7.42. The summed E-state index contributed by atoms with van der Waals surface area (Å²) in [6.07, 6.45) is 3.75. The maximum atomic E-state index is 13.1. The first-order valence-electron chi connectivity index (χ1n) is 9.67. The van der Waals surface area contributed by atoms with Crippen LogP contribution in [0.25, 0.3) is 10.9 Å². The van der Waals surface area contributed by atoms with E-state index in [9.17, 15) is 9.59 Å². The molecule has 1 saturated heterocycles. The normalized spacial score (nSPS) is 20.3. The van der Waals surface area contributed by atoms with Crippen LogP contribution in [0.15, 0.2) is 24.3 Å². The molecule has 1 aromatic carbocycles. The van der Waals surface area contributed by atoms with Gasteiger partial charge in [0, 0.05) is 30.0 Å². The minimum atomic E-state index is -0.112. The number of nitrogens with zero attached hydrogens (tertiary/aromatic N) is 1. The Morgan fingerprint density at radius 3 is 2.85 bits per heavy atom. The van der Waals surface area contributed by atoms with Gasteiger partial charge in [-0.1, -0.05) is 25.5 Å². The first-order valence-corrected chi connectivity index (χ1v) is 9.67. The fourth-order valence-electron chi connectivity index (χ4n) is 3.65. The van der Waals surface area contributed by atoms with Crippen molar-refractivity contribution in [2.75, 3.05) is 13.1 Å². The molecule has 3 rings (SSSR count). The summed E-state index contributed by atoms with van der Waals surface area (Å²) < 4.78 is 0. The summed E-state index contributed by atoms with van der Waals surface area (Å²) >= 11 is 0. The highest BCUT2D eigenvalue weighted by Gasteiger charge is 2.33. The third-order valence-corrected chi connectivity index (χ3v) is 5.35. The van der Waals surface area contributed by atoms with E-state index in [0.29, 0.717) is 12.2 Å². The Bertz CT molecular complexity index is 796. The number of H-pyrrole nitrogens is 1. The van der Waals surface area contributed by atoms with Gasteiger partial charge in [0.15, 0.2) is 0 Å². The van der Waals surface area contributed by atoms with Crippen molar-refractivity contribution in [3.05, 3.63) is 35.5 Å². The minimum absolute atomic E-state index is 0.0163. The van der Waals surface area contributed by atoms with Gasteiger partial charge in [-0.05, 0) is 50.8 Å². The van der Waals surface area contributed by atoms with Gasteiger partial charge in [0.2, 0.25) is 5.91 Å². The molecule has 0 spiro atoms. The van der Waals surface area contributed by atoms with Gasteiger partial charge >= 0.3 is 0 Å². The number of hydrogen-bond acceptors (Lipinski definition) is 2. The third-order valence-electron chi connectivity index (χ3n) is 5.35. The van der Waals surface area contributed by atoms with Crippen molar-refractivity contribution in [3.63, 3.8) is 0 Å². The number of amides is 2. The number of rotatable bonds is 5. The Labute approximate surface area is 155 Å². The average molecular weight is 355 g/mol. The van der Waals surface area contributed by atoms with Crippen LogP contribution >= 0.6 is 0 Å². The second kappa shape index (κ2) is 7.94. The summed E-state index contributed by atoms with van der Waals surface area (Å²) in [7, 11) is 0. The van der Waals surface area contributed by atoms with E-state index in [4.69, 9.17) is 0 Å². The Hall–Kier alpha value is -2.30. The SMILES string of the molecule is CCCCNC(=O)C1CCC(C)N(C(=O)c2cc3ccc(C)cc3[nH]2)C1. The quantitative estimate of drug-likeness (QED) is 0.804. The van der Waals surface area contributed by atoms with Crippen LogP contribution in [-0.4, -0.2) is 40.8 Å². The number of aromatic nitrogens is 1. The van der Waals surface area contributed by atoms with Crippen LogP contribution in [0.1, 0.15) is 55.6 Å². The van der Waals surface area contributed by atoms with Crippen LogP contribution < -0.4 is 5.32 Å². The summed E-state index contributed by atoms with van der Waals surface area (Å²) in [5.41, 5.74) is 2.74. The lowest BCUT2D eigenvalue weighted by atomic mass is 9.92. The van der Waals surface area contributed by atoms with Gasteiger partial charge in [0.1, 0.15) is 5.69 Å². The molecule has 2 aromatic rings. The molecular weight excluding hydrogens is 326 g/mol. The lowest BCUT2D eigenvalue weighted by Gasteiger charge is -2.37. The van der Waals surface area contributed by atoms with Crippen LogP contribution in [0.3, 0.4) is 0 Å². The van der Waals surface area contributed by atoms with Crippen molar-refractivity contribution in [1.82, 2.24) is 15.2 Å². The number of carbonyl (C=O) groups excluding carboxylic acids is 2. The Kier molecular flexibility index (Phi) is 5.64. The van der Waals surface area contributed by atoms with E-state index in [1.165, 1.54) is 0 Å². The van der Waals surface area contributed by atoms with Crippen LogP contribution in [0.4, 0.5) is 0 Å². The van der Waals surface area contributed by atoms with Crippen molar-refractivity contribution in [2.45, 2.75) is 52.5 Å². The van der Waals surface area contributed by atoms with Crippen molar-refractivity contribution in [3.8, 4) is 0 Å².